The van der Waals surface area contributed by atoms with Crippen molar-refractivity contribution in [3.8, 4) is 11.1 Å². The minimum atomic E-state index is 1.02. The SMILES string of the molecule is N/C=C/C=C(\C=C/c1ccccc1)c1ccc2c(c1)-c1ccccc1C2. The van der Waals surface area contributed by atoms with Gasteiger partial charge in [0.2, 0.25) is 0 Å². The van der Waals surface area contributed by atoms with Gasteiger partial charge in [-0.25, -0.2) is 0 Å². The Balaban J connectivity index is 1.73. The van der Waals surface area contributed by atoms with Crippen LogP contribution in [-0.2, 0) is 6.42 Å². The summed E-state index contributed by atoms with van der Waals surface area (Å²) in [7, 11) is 0. The summed E-state index contributed by atoms with van der Waals surface area (Å²) in [6.07, 6.45) is 10.8. The van der Waals surface area contributed by atoms with E-state index in [0.717, 1.165) is 12.0 Å². The Morgan fingerprint density at radius 3 is 2.42 bits per heavy atom. The predicted molar refractivity (Wildman–Crippen MR) is 111 cm³/mol. The van der Waals surface area contributed by atoms with Crippen LogP contribution in [0.1, 0.15) is 22.3 Å². The van der Waals surface area contributed by atoms with Crippen molar-refractivity contribution in [3.63, 3.8) is 0 Å². The van der Waals surface area contributed by atoms with Crippen LogP contribution in [0.25, 0.3) is 22.8 Å². The summed E-state index contributed by atoms with van der Waals surface area (Å²) in [5.41, 5.74) is 14.6. The van der Waals surface area contributed by atoms with Gasteiger partial charge in [0.25, 0.3) is 0 Å². The Labute approximate surface area is 154 Å². The highest BCUT2D eigenvalue weighted by Crippen LogP contribution is 2.38. The average Bonchev–Trinajstić information content (AvgIpc) is 3.07. The first-order valence-electron chi connectivity index (χ1n) is 8.88. The second-order valence-electron chi connectivity index (χ2n) is 6.46. The molecule has 0 heterocycles. The molecule has 0 atom stereocenters. The fourth-order valence-electron chi connectivity index (χ4n) is 3.46. The van der Waals surface area contributed by atoms with Gasteiger partial charge >= 0.3 is 0 Å². The third-order valence-corrected chi connectivity index (χ3v) is 4.77. The number of allylic oxidation sites excluding steroid dienone is 4. The maximum absolute atomic E-state index is 5.57. The summed E-state index contributed by atoms with van der Waals surface area (Å²) < 4.78 is 0. The Morgan fingerprint density at radius 1 is 0.808 bits per heavy atom. The molecule has 1 heteroatoms. The molecule has 0 unspecified atom stereocenters. The van der Waals surface area contributed by atoms with Gasteiger partial charge in [0.1, 0.15) is 0 Å². The second kappa shape index (κ2) is 7.28. The Hall–Kier alpha value is -3.32. The third kappa shape index (κ3) is 3.25. The molecule has 126 valence electrons. The van der Waals surface area contributed by atoms with Crippen LogP contribution in [0.5, 0.6) is 0 Å². The highest BCUT2D eigenvalue weighted by Gasteiger charge is 2.18. The maximum Gasteiger partial charge on any atom is -0.00134 e. The standard InChI is InChI=1S/C25H21N/c26-16-6-10-20(13-12-19-7-2-1-3-8-19)21-14-15-23-17-22-9-4-5-11-24(22)25(23)18-21/h1-16,18H,17,26H2/b13-12-,16-6+,20-10+. The first-order chi connectivity index (χ1) is 12.8. The fraction of sp³-hybridized carbons (Fsp3) is 0.0400. The molecule has 0 saturated heterocycles. The van der Waals surface area contributed by atoms with Gasteiger partial charge in [0.05, 0.1) is 0 Å². The van der Waals surface area contributed by atoms with Crippen molar-refractivity contribution < 1.29 is 0 Å². The molecule has 1 nitrogen and oxygen atoms in total. The number of rotatable bonds is 4. The van der Waals surface area contributed by atoms with Gasteiger partial charge in [-0.05, 0) is 63.7 Å². The summed E-state index contributed by atoms with van der Waals surface area (Å²) in [6.45, 7) is 0. The van der Waals surface area contributed by atoms with Gasteiger partial charge in [0.15, 0.2) is 0 Å². The lowest BCUT2D eigenvalue weighted by Gasteiger charge is -2.07. The molecule has 0 spiro atoms. The predicted octanol–water partition coefficient (Wildman–Crippen LogP) is 5.83. The zero-order valence-electron chi connectivity index (χ0n) is 14.6. The smallest absolute Gasteiger partial charge is 0.00134 e. The lowest BCUT2D eigenvalue weighted by Crippen LogP contribution is -1.86. The largest absolute Gasteiger partial charge is 0.405 e. The molecule has 0 aliphatic heterocycles. The van der Waals surface area contributed by atoms with Crippen LogP contribution in [0.3, 0.4) is 0 Å². The molecule has 0 saturated carbocycles. The Morgan fingerprint density at radius 2 is 1.58 bits per heavy atom. The summed E-state index contributed by atoms with van der Waals surface area (Å²) in [5.74, 6) is 0. The van der Waals surface area contributed by atoms with E-state index in [0.29, 0.717) is 0 Å². The number of nitrogens with two attached hydrogens (primary N) is 1. The Bertz CT molecular complexity index is 1010. The number of hydrogen-bond donors (Lipinski definition) is 1. The van der Waals surface area contributed by atoms with Crippen molar-refractivity contribution in [2.45, 2.75) is 6.42 Å². The summed E-state index contributed by atoms with van der Waals surface area (Å²) in [4.78, 5) is 0. The maximum atomic E-state index is 5.57. The van der Waals surface area contributed by atoms with Crippen LogP contribution in [-0.4, -0.2) is 0 Å². The van der Waals surface area contributed by atoms with Crippen LogP contribution in [0.15, 0.2) is 97.2 Å². The van der Waals surface area contributed by atoms with E-state index in [1.54, 1.807) is 6.20 Å². The number of hydrogen-bond acceptors (Lipinski definition) is 1. The lowest BCUT2D eigenvalue weighted by molar-refractivity contribution is 1.26. The van der Waals surface area contributed by atoms with E-state index >= 15 is 0 Å². The normalized spacial score (nSPS) is 13.3. The van der Waals surface area contributed by atoms with Gasteiger partial charge in [-0.1, -0.05) is 85.0 Å². The zero-order chi connectivity index (χ0) is 17.8. The van der Waals surface area contributed by atoms with Crippen LogP contribution in [0.2, 0.25) is 0 Å². The van der Waals surface area contributed by atoms with Crippen LogP contribution in [0.4, 0.5) is 0 Å². The van der Waals surface area contributed by atoms with E-state index < -0.39 is 0 Å². The van der Waals surface area contributed by atoms with Crippen molar-refractivity contribution in [1.29, 1.82) is 0 Å². The van der Waals surface area contributed by atoms with Crippen molar-refractivity contribution in [3.05, 3.63) is 119 Å². The van der Waals surface area contributed by atoms with E-state index in [2.05, 4.69) is 85.0 Å². The molecule has 0 amide bonds. The van der Waals surface area contributed by atoms with Gasteiger partial charge in [-0.15, -0.1) is 0 Å². The molecule has 0 radical (unpaired) electrons. The van der Waals surface area contributed by atoms with E-state index in [9.17, 15) is 0 Å². The van der Waals surface area contributed by atoms with Crippen LogP contribution < -0.4 is 5.73 Å². The molecule has 1 aliphatic carbocycles. The van der Waals surface area contributed by atoms with E-state index in [1.165, 1.54) is 33.4 Å². The van der Waals surface area contributed by atoms with Crippen molar-refractivity contribution >= 4 is 11.6 Å². The van der Waals surface area contributed by atoms with Crippen LogP contribution in [0, 0.1) is 0 Å². The van der Waals surface area contributed by atoms with Crippen LogP contribution >= 0.6 is 0 Å². The molecule has 0 aromatic heterocycles. The van der Waals surface area contributed by atoms with Gasteiger partial charge < -0.3 is 5.73 Å². The van der Waals surface area contributed by atoms with Crippen molar-refractivity contribution in [2.75, 3.05) is 0 Å². The minimum absolute atomic E-state index is 1.02. The number of fused-ring (bicyclic) bond motifs is 3. The van der Waals surface area contributed by atoms with Gasteiger partial charge in [-0.3, -0.25) is 0 Å². The summed E-state index contributed by atoms with van der Waals surface area (Å²) in [6, 6.07) is 25.8. The molecular weight excluding hydrogens is 314 g/mol. The van der Waals surface area contributed by atoms with Crippen molar-refractivity contribution in [2.24, 2.45) is 5.73 Å². The molecule has 4 rings (SSSR count). The third-order valence-electron chi connectivity index (χ3n) is 4.77. The molecule has 3 aromatic carbocycles. The topological polar surface area (TPSA) is 26.0 Å². The molecule has 0 fully saturated rings. The zero-order valence-corrected chi connectivity index (χ0v) is 14.6. The highest BCUT2D eigenvalue weighted by molar-refractivity contribution is 5.85. The van der Waals surface area contributed by atoms with E-state index in [1.807, 2.05) is 12.1 Å². The van der Waals surface area contributed by atoms with E-state index in [-0.39, 0.29) is 0 Å². The first-order valence-corrected chi connectivity index (χ1v) is 8.88. The first kappa shape index (κ1) is 16.2. The average molecular weight is 335 g/mol. The summed E-state index contributed by atoms with van der Waals surface area (Å²) >= 11 is 0. The van der Waals surface area contributed by atoms with Gasteiger partial charge in [-0.2, -0.15) is 0 Å². The Kier molecular flexibility index (Phi) is 4.53. The van der Waals surface area contributed by atoms with E-state index in [4.69, 9.17) is 5.73 Å². The van der Waals surface area contributed by atoms with Crippen molar-refractivity contribution in [1.82, 2.24) is 0 Å². The monoisotopic (exact) mass is 335 g/mol. The quantitative estimate of drug-likeness (QED) is 0.467. The molecular formula is C25H21N. The number of benzene rings is 3. The molecule has 0 bridgehead atoms. The molecule has 3 aromatic rings. The molecule has 1 aliphatic rings. The highest BCUT2D eigenvalue weighted by atomic mass is 14.5. The minimum Gasteiger partial charge on any atom is -0.405 e. The molecule has 26 heavy (non-hydrogen) atoms. The summed E-state index contributed by atoms with van der Waals surface area (Å²) in [5, 5.41) is 0. The fourth-order valence-corrected chi connectivity index (χ4v) is 3.46. The van der Waals surface area contributed by atoms with Gasteiger partial charge in [0, 0.05) is 0 Å². The second-order valence-corrected chi connectivity index (χ2v) is 6.46. The lowest BCUT2D eigenvalue weighted by atomic mass is 9.97. The molecule has 2 N–H and O–H groups in total.